The Morgan fingerprint density at radius 1 is 1.18 bits per heavy atom. The fraction of sp³-hybridized carbons (Fsp3) is 0.533. The molecule has 0 N–H and O–H groups in total. The van der Waals surface area contributed by atoms with Gasteiger partial charge in [-0.2, -0.15) is 5.26 Å². The van der Waals surface area contributed by atoms with Gasteiger partial charge in [-0.05, 0) is 48.8 Å². The Bertz CT molecular complexity index is 472. The van der Waals surface area contributed by atoms with Crippen molar-refractivity contribution in [2.75, 3.05) is 0 Å². The molecule has 3 rings (SSSR count). The molecule has 1 nitrogen and oxygen atoms in total. The summed E-state index contributed by atoms with van der Waals surface area (Å²) < 4.78 is 0. The summed E-state index contributed by atoms with van der Waals surface area (Å²) >= 11 is 6.03. The lowest BCUT2D eigenvalue weighted by Gasteiger charge is -2.51. The van der Waals surface area contributed by atoms with E-state index in [2.05, 4.69) is 12.1 Å². The predicted octanol–water partition coefficient (Wildman–Crippen LogP) is 4.46. The van der Waals surface area contributed by atoms with Crippen molar-refractivity contribution in [1.29, 1.82) is 5.26 Å². The Morgan fingerprint density at radius 2 is 1.88 bits per heavy atom. The first kappa shape index (κ1) is 11.1. The van der Waals surface area contributed by atoms with Crippen LogP contribution in [0.4, 0.5) is 0 Å². The molecule has 1 spiro atoms. The number of nitrogens with zero attached hydrogens (tertiary/aromatic N) is 1. The molecule has 0 radical (unpaired) electrons. The SMILES string of the molecule is N#CC1(c2cccc(Cl)c2)CC2(CCCC2)C1. The number of hydrogen-bond donors (Lipinski definition) is 0. The number of nitriles is 1. The van der Waals surface area contributed by atoms with E-state index >= 15 is 0 Å². The predicted molar refractivity (Wildman–Crippen MR) is 68.9 cm³/mol. The van der Waals surface area contributed by atoms with Crippen LogP contribution >= 0.6 is 11.6 Å². The molecule has 2 saturated carbocycles. The van der Waals surface area contributed by atoms with Gasteiger partial charge in [0.05, 0.1) is 11.5 Å². The maximum atomic E-state index is 9.53. The van der Waals surface area contributed by atoms with Crippen molar-refractivity contribution in [3.63, 3.8) is 0 Å². The summed E-state index contributed by atoms with van der Waals surface area (Å²) in [5.41, 5.74) is 1.35. The summed E-state index contributed by atoms with van der Waals surface area (Å²) in [4.78, 5) is 0. The lowest BCUT2D eigenvalue weighted by atomic mass is 9.50. The number of benzene rings is 1. The normalized spacial score (nSPS) is 24.2. The molecule has 0 unspecified atom stereocenters. The van der Waals surface area contributed by atoms with E-state index in [9.17, 15) is 5.26 Å². The highest BCUT2D eigenvalue weighted by Gasteiger charge is 2.56. The van der Waals surface area contributed by atoms with E-state index in [0.29, 0.717) is 5.41 Å². The van der Waals surface area contributed by atoms with Crippen LogP contribution in [0.5, 0.6) is 0 Å². The molecule has 1 aromatic rings. The van der Waals surface area contributed by atoms with E-state index in [-0.39, 0.29) is 5.41 Å². The molecule has 2 heteroatoms. The van der Waals surface area contributed by atoms with Crippen LogP contribution < -0.4 is 0 Å². The molecule has 2 fully saturated rings. The van der Waals surface area contributed by atoms with Crippen molar-refractivity contribution >= 4 is 11.6 Å². The molecule has 0 saturated heterocycles. The molecular formula is C15H16ClN. The van der Waals surface area contributed by atoms with Crippen LogP contribution in [0.3, 0.4) is 0 Å². The van der Waals surface area contributed by atoms with E-state index in [1.54, 1.807) is 0 Å². The second-order valence-electron chi connectivity index (χ2n) is 5.76. The number of hydrogen-bond acceptors (Lipinski definition) is 1. The molecule has 0 aliphatic heterocycles. The molecule has 2 aliphatic carbocycles. The molecule has 88 valence electrons. The highest BCUT2D eigenvalue weighted by atomic mass is 35.5. The average molecular weight is 246 g/mol. The number of rotatable bonds is 1. The van der Waals surface area contributed by atoms with Gasteiger partial charge < -0.3 is 0 Å². The Kier molecular flexibility index (Phi) is 2.45. The first-order valence-corrected chi connectivity index (χ1v) is 6.73. The number of halogens is 1. The Morgan fingerprint density at radius 3 is 2.47 bits per heavy atom. The van der Waals surface area contributed by atoms with Crippen molar-refractivity contribution in [2.45, 2.75) is 43.9 Å². The van der Waals surface area contributed by atoms with E-state index in [0.717, 1.165) is 23.4 Å². The van der Waals surface area contributed by atoms with E-state index in [1.807, 2.05) is 18.2 Å². The summed E-state index contributed by atoms with van der Waals surface area (Å²) in [6.07, 6.45) is 7.40. The topological polar surface area (TPSA) is 23.8 Å². The molecule has 0 aromatic heterocycles. The van der Waals surface area contributed by atoms with Crippen molar-refractivity contribution in [3.05, 3.63) is 34.9 Å². The van der Waals surface area contributed by atoms with E-state index in [1.165, 1.54) is 25.7 Å². The molecule has 0 amide bonds. The largest absolute Gasteiger partial charge is 0.197 e. The third kappa shape index (κ3) is 1.67. The molecule has 0 atom stereocenters. The smallest absolute Gasteiger partial charge is 0.0833 e. The molecule has 2 aliphatic rings. The zero-order chi connectivity index (χ0) is 11.9. The molecular weight excluding hydrogens is 230 g/mol. The Hall–Kier alpha value is -1.00. The first-order valence-electron chi connectivity index (χ1n) is 6.36. The Balaban J connectivity index is 1.89. The van der Waals surface area contributed by atoms with Gasteiger partial charge in [0.25, 0.3) is 0 Å². The van der Waals surface area contributed by atoms with Gasteiger partial charge in [0.2, 0.25) is 0 Å². The third-order valence-electron chi connectivity index (χ3n) is 4.61. The molecule has 1 aromatic carbocycles. The van der Waals surface area contributed by atoms with Crippen molar-refractivity contribution in [3.8, 4) is 6.07 Å². The maximum absolute atomic E-state index is 9.53. The van der Waals surface area contributed by atoms with Crippen molar-refractivity contribution in [1.82, 2.24) is 0 Å². The van der Waals surface area contributed by atoms with Crippen LogP contribution in [-0.4, -0.2) is 0 Å². The summed E-state index contributed by atoms with van der Waals surface area (Å²) in [7, 11) is 0. The Labute approximate surface area is 107 Å². The van der Waals surface area contributed by atoms with E-state index < -0.39 is 0 Å². The zero-order valence-electron chi connectivity index (χ0n) is 9.88. The van der Waals surface area contributed by atoms with Crippen LogP contribution in [0.2, 0.25) is 5.02 Å². The second-order valence-corrected chi connectivity index (χ2v) is 6.20. The van der Waals surface area contributed by atoms with Crippen LogP contribution in [0.15, 0.2) is 24.3 Å². The average Bonchev–Trinajstić information content (AvgIpc) is 2.75. The van der Waals surface area contributed by atoms with Gasteiger partial charge in [-0.1, -0.05) is 36.6 Å². The van der Waals surface area contributed by atoms with Gasteiger partial charge in [0.15, 0.2) is 0 Å². The summed E-state index contributed by atoms with van der Waals surface area (Å²) in [5, 5.41) is 10.3. The van der Waals surface area contributed by atoms with Crippen LogP contribution in [0.1, 0.15) is 44.1 Å². The van der Waals surface area contributed by atoms with Crippen molar-refractivity contribution < 1.29 is 0 Å². The lowest BCUT2D eigenvalue weighted by Crippen LogP contribution is -2.47. The fourth-order valence-corrected chi connectivity index (χ4v) is 4.03. The van der Waals surface area contributed by atoms with Crippen molar-refractivity contribution in [2.24, 2.45) is 5.41 Å². The highest BCUT2D eigenvalue weighted by Crippen LogP contribution is 2.62. The standard InChI is InChI=1S/C15H16ClN/c16-13-5-3-4-12(8-13)15(11-17)9-14(10-15)6-1-2-7-14/h3-5,8H,1-2,6-7,9-10H2. The van der Waals surface area contributed by atoms with Gasteiger partial charge >= 0.3 is 0 Å². The molecule has 0 heterocycles. The molecule has 0 bridgehead atoms. The minimum atomic E-state index is -0.255. The lowest BCUT2D eigenvalue weighted by molar-refractivity contribution is 0.0648. The van der Waals surface area contributed by atoms with Crippen LogP contribution in [0, 0.1) is 16.7 Å². The van der Waals surface area contributed by atoms with Crippen LogP contribution in [0.25, 0.3) is 0 Å². The van der Waals surface area contributed by atoms with E-state index in [4.69, 9.17) is 11.6 Å². The summed E-state index contributed by atoms with van der Waals surface area (Å²) in [6, 6.07) is 10.4. The highest BCUT2D eigenvalue weighted by molar-refractivity contribution is 6.30. The zero-order valence-corrected chi connectivity index (χ0v) is 10.6. The maximum Gasteiger partial charge on any atom is 0.0833 e. The minimum absolute atomic E-state index is 0.255. The third-order valence-corrected chi connectivity index (χ3v) is 4.84. The first-order chi connectivity index (χ1) is 8.18. The van der Waals surface area contributed by atoms with Gasteiger partial charge in [-0.3, -0.25) is 0 Å². The second kappa shape index (κ2) is 3.75. The quantitative estimate of drug-likeness (QED) is 0.717. The van der Waals surface area contributed by atoms with Crippen LogP contribution in [-0.2, 0) is 5.41 Å². The minimum Gasteiger partial charge on any atom is -0.197 e. The van der Waals surface area contributed by atoms with Gasteiger partial charge in [-0.15, -0.1) is 0 Å². The fourth-order valence-electron chi connectivity index (χ4n) is 3.84. The molecule has 17 heavy (non-hydrogen) atoms. The monoisotopic (exact) mass is 245 g/mol. The van der Waals surface area contributed by atoms with Gasteiger partial charge in [0, 0.05) is 5.02 Å². The summed E-state index contributed by atoms with van der Waals surface area (Å²) in [5.74, 6) is 0. The van der Waals surface area contributed by atoms with Gasteiger partial charge in [-0.25, -0.2) is 0 Å². The summed E-state index contributed by atoms with van der Waals surface area (Å²) in [6.45, 7) is 0. The van der Waals surface area contributed by atoms with Gasteiger partial charge in [0.1, 0.15) is 0 Å².